The number of pyridine rings is 1. The van der Waals surface area contributed by atoms with Crippen LogP contribution in [-0.4, -0.2) is 15.0 Å². The van der Waals surface area contributed by atoms with Gasteiger partial charge in [0.1, 0.15) is 5.76 Å². The molecule has 164 valence electrons. The van der Waals surface area contributed by atoms with Crippen LogP contribution in [0.3, 0.4) is 0 Å². The molecule has 0 aliphatic carbocycles. The van der Waals surface area contributed by atoms with E-state index in [1.165, 1.54) is 5.56 Å². The number of rotatable bonds is 5. The highest BCUT2D eigenvalue weighted by molar-refractivity contribution is 7.80. The van der Waals surface area contributed by atoms with Crippen molar-refractivity contribution in [1.29, 1.82) is 0 Å². The first-order valence-corrected chi connectivity index (χ1v) is 11.0. The number of aromatic amines is 1. The first kappa shape index (κ1) is 21.8. The Morgan fingerprint density at radius 2 is 1.84 bits per heavy atom. The molecule has 0 fully saturated rings. The fourth-order valence-corrected chi connectivity index (χ4v) is 4.07. The normalized spacial score (nSPS) is 11.0. The third kappa shape index (κ3) is 4.60. The van der Waals surface area contributed by atoms with E-state index in [9.17, 15) is 4.79 Å². The summed E-state index contributed by atoms with van der Waals surface area (Å²) < 4.78 is 5.56. The number of nitrogens with zero attached hydrogens (tertiary/aromatic N) is 1. The van der Waals surface area contributed by atoms with Crippen LogP contribution in [0.2, 0.25) is 0 Å². The van der Waals surface area contributed by atoms with Crippen molar-refractivity contribution in [2.24, 2.45) is 0 Å². The molecular formula is C26H27N3O2S. The number of hydrogen-bond donors (Lipinski definition) is 2. The number of H-pyrrole nitrogens is 1. The van der Waals surface area contributed by atoms with Crippen LogP contribution in [0.15, 0.2) is 64.0 Å². The van der Waals surface area contributed by atoms with E-state index in [4.69, 9.17) is 16.6 Å². The lowest BCUT2D eigenvalue weighted by molar-refractivity contribution is 0.359. The molecule has 32 heavy (non-hydrogen) atoms. The van der Waals surface area contributed by atoms with Gasteiger partial charge in [-0.3, -0.25) is 4.79 Å². The first-order chi connectivity index (χ1) is 15.3. The van der Waals surface area contributed by atoms with Crippen LogP contribution in [0, 0.1) is 27.7 Å². The summed E-state index contributed by atoms with van der Waals surface area (Å²) in [6, 6.07) is 16.0. The Balaban J connectivity index is 1.66. The molecule has 2 aromatic heterocycles. The van der Waals surface area contributed by atoms with Crippen LogP contribution in [0.1, 0.15) is 33.6 Å². The Morgan fingerprint density at radius 3 is 2.56 bits per heavy atom. The van der Waals surface area contributed by atoms with Gasteiger partial charge in [-0.15, -0.1) is 0 Å². The zero-order valence-corrected chi connectivity index (χ0v) is 19.6. The zero-order chi connectivity index (χ0) is 22.8. The third-order valence-electron chi connectivity index (χ3n) is 5.83. The van der Waals surface area contributed by atoms with E-state index in [1.807, 2.05) is 62.1 Å². The molecule has 0 unspecified atom stereocenters. The Kier molecular flexibility index (Phi) is 6.15. The quantitative estimate of drug-likeness (QED) is 0.383. The van der Waals surface area contributed by atoms with Crippen molar-refractivity contribution in [3.05, 3.63) is 98.7 Å². The maximum atomic E-state index is 12.9. The molecular weight excluding hydrogens is 418 g/mol. The number of aryl methyl sites for hydroxylation is 4. The van der Waals surface area contributed by atoms with Crippen LogP contribution in [0.4, 0.5) is 5.69 Å². The zero-order valence-electron chi connectivity index (χ0n) is 18.8. The molecule has 0 saturated heterocycles. The number of hydrogen-bond acceptors (Lipinski definition) is 3. The molecule has 0 atom stereocenters. The Labute approximate surface area is 193 Å². The minimum Gasteiger partial charge on any atom is -0.467 e. The van der Waals surface area contributed by atoms with Crippen LogP contribution in [0.25, 0.3) is 10.9 Å². The maximum absolute atomic E-state index is 12.9. The average Bonchev–Trinajstić information content (AvgIpc) is 3.26. The molecule has 2 N–H and O–H groups in total. The monoisotopic (exact) mass is 445 g/mol. The van der Waals surface area contributed by atoms with Gasteiger partial charge in [-0.25, -0.2) is 0 Å². The largest absolute Gasteiger partial charge is 0.467 e. The van der Waals surface area contributed by atoms with E-state index in [0.717, 1.165) is 39.0 Å². The van der Waals surface area contributed by atoms with Crippen molar-refractivity contribution in [2.45, 2.75) is 40.8 Å². The van der Waals surface area contributed by atoms with Crippen LogP contribution < -0.4 is 10.9 Å². The summed E-state index contributed by atoms with van der Waals surface area (Å²) in [6.45, 7) is 8.99. The highest BCUT2D eigenvalue weighted by Gasteiger charge is 2.16. The molecule has 0 aliphatic heterocycles. The van der Waals surface area contributed by atoms with E-state index in [1.54, 1.807) is 6.26 Å². The number of fused-ring (bicyclic) bond motifs is 1. The maximum Gasteiger partial charge on any atom is 0.253 e. The van der Waals surface area contributed by atoms with Crippen LogP contribution in [0.5, 0.6) is 0 Å². The Morgan fingerprint density at radius 1 is 1.03 bits per heavy atom. The number of aromatic nitrogens is 1. The van der Waals surface area contributed by atoms with E-state index >= 15 is 0 Å². The Hall–Kier alpha value is -3.38. The smallest absolute Gasteiger partial charge is 0.253 e. The van der Waals surface area contributed by atoms with Crippen molar-refractivity contribution >= 4 is 33.9 Å². The second kappa shape index (κ2) is 9.01. The minimum absolute atomic E-state index is 0.107. The molecule has 0 saturated carbocycles. The Bertz CT molecular complexity index is 1340. The van der Waals surface area contributed by atoms with Gasteiger partial charge in [-0.2, -0.15) is 0 Å². The molecule has 4 aromatic rings. The van der Waals surface area contributed by atoms with Crippen molar-refractivity contribution in [3.63, 3.8) is 0 Å². The molecule has 5 nitrogen and oxygen atoms in total. The fraction of sp³-hybridized carbons (Fsp3) is 0.231. The van der Waals surface area contributed by atoms with Crippen molar-refractivity contribution < 1.29 is 4.42 Å². The molecule has 0 spiro atoms. The van der Waals surface area contributed by atoms with Crippen molar-refractivity contribution in [1.82, 2.24) is 9.88 Å². The summed E-state index contributed by atoms with van der Waals surface area (Å²) in [6.07, 6.45) is 1.64. The molecule has 2 aromatic carbocycles. The molecule has 2 heterocycles. The number of nitrogens with one attached hydrogen (secondary N) is 2. The number of thiocarbonyl (C=S) groups is 1. The summed E-state index contributed by atoms with van der Waals surface area (Å²) in [5.74, 6) is 0.776. The highest BCUT2D eigenvalue weighted by atomic mass is 32.1. The fourth-order valence-electron chi connectivity index (χ4n) is 3.83. The van der Waals surface area contributed by atoms with Crippen LogP contribution >= 0.6 is 12.2 Å². The van der Waals surface area contributed by atoms with Gasteiger partial charge >= 0.3 is 0 Å². The van der Waals surface area contributed by atoms with Crippen molar-refractivity contribution in [3.8, 4) is 0 Å². The van der Waals surface area contributed by atoms with E-state index < -0.39 is 0 Å². The third-order valence-corrected chi connectivity index (χ3v) is 6.19. The summed E-state index contributed by atoms with van der Waals surface area (Å²) in [5, 5.41) is 4.89. The minimum atomic E-state index is -0.107. The summed E-state index contributed by atoms with van der Waals surface area (Å²) >= 11 is 5.76. The molecule has 0 amide bonds. The summed E-state index contributed by atoms with van der Waals surface area (Å²) in [5.41, 5.74) is 6.92. The lowest BCUT2D eigenvalue weighted by atomic mass is 10.0. The molecule has 6 heteroatoms. The second-order valence-corrected chi connectivity index (χ2v) is 8.67. The topological polar surface area (TPSA) is 61.3 Å². The SMILES string of the molecule is Cc1ccc(NC(=S)N(Cc2ccco2)Cc2cc3ccc(C)c(C)c3[nH]c2=O)c(C)c1. The van der Waals surface area contributed by atoms with E-state index in [0.29, 0.717) is 23.8 Å². The number of benzene rings is 2. The average molecular weight is 446 g/mol. The molecule has 0 radical (unpaired) electrons. The second-order valence-electron chi connectivity index (χ2n) is 8.28. The predicted octanol–water partition coefficient (Wildman–Crippen LogP) is 5.75. The lowest BCUT2D eigenvalue weighted by Gasteiger charge is -2.25. The van der Waals surface area contributed by atoms with Gasteiger partial charge in [0.25, 0.3) is 5.56 Å². The van der Waals surface area contributed by atoms with Gasteiger partial charge in [0.05, 0.1) is 24.9 Å². The van der Waals surface area contributed by atoms with Gasteiger partial charge in [-0.1, -0.05) is 29.8 Å². The molecule has 0 bridgehead atoms. The standard InChI is InChI=1S/C26H27N3O2S/c1-16-7-10-23(18(3)12-16)27-26(32)29(15-22-6-5-11-31-22)14-21-13-20-9-8-17(2)19(4)24(20)28-25(21)30/h5-13H,14-15H2,1-4H3,(H,27,32)(H,28,30). The van der Waals surface area contributed by atoms with E-state index in [-0.39, 0.29) is 5.56 Å². The lowest BCUT2D eigenvalue weighted by Crippen LogP contribution is -2.35. The number of furan rings is 1. The summed E-state index contributed by atoms with van der Waals surface area (Å²) in [4.78, 5) is 18.0. The van der Waals surface area contributed by atoms with Gasteiger partial charge < -0.3 is 19.6 Å². The van der Waals surface area contributed by atoms with Gasteiger partial charge in [0.15, 0.2) is 5.11 Å². The van der Waals surface area contributed by atoms with Gasteiger partial charge in [0, 0.05) is 11.3 Å². The van der Waals surface area contributed by atoms with Crippen LogP contribution in [-0.2, 0) is 13.1 Å². The highest BCUT2D eigenvalue weighted by Crippen LogP contribution is 2.21. The van der Waals surface area contributed by atoms with Crippen molar-refractivity contribution in [2.75, 3.05) is 5.32 Å². The molecule has 4 rings (SSSR count). The van der Waals surface area contributed by atoms with Gasteiger partial charge in [0.2, 0.25) is 0 Å². The number of anilines is 1. The predicted molar refractivity (Wildman–Crippen MR) is 134 cm³/mol. The molecule has 0 aliphatic rings. The van der Waals surface area contributed by atoms with Gasteiger partial charge in [-0.05, 0) is 86.3 Å². The summed E-state index contributed by atoms with van der Waals surface area (Å²) in [7, 11) is 0. The van der Waals surface area contributed by atoms with E-state index in [2.05, 4.69) is 29.4 Å². The first-order valence-electron chi connectivity index (χ1n) is 10.6.